The maximum absolute atomic E-state index is 13.1. The predicted molar refractivity (Wildman–Crippen MR) is 196 cm³/mol. The van der Waals surface area contributed by atoms with Crippen molar-refractivity contribution in [1.82, 2.24) is 5.32 Å². The molecule has 16 heteroatoms. The van der Waals surface area contributed by atoms with Crippen LogP contribution in [0.5, 0.6) is 0 Å². The predicted octanol–water partition coefficient (Wildman–Crippen LogP) is 8.53. The van der Waals surface area contributed by atoms with Gasteiger partial charge in [-0.15, -0.1) is 0 Å². The van der Waals surface area contributed by atoms with Gasteiger partial charge in [-0.3, -0.25) is 4.57 Å². The number of carbonyl (C=O) groups excluding carboxylic acids is 1. The number of hydrogen-bond acceptors (Lipinski definition) is 12. The van der Waals surface area contributed by atoms with Crippen molar-refractivity contribution < 1.29 is 55.4 Å². The van der Waals surface area contributed by atoms with Crippen LogP contribution < -0.4 is 5.32 Å². The zero-order valence-corrected chi connectivity index (χ0v) is 34.7. The lowest BCUT2D eigenvalue weighted by Crippen LogP contribution is -2.59. The van der Waals surface area contributed by atoms with Gasteiger partial charge in [-0.25, -0.2) is 4.79 Å². The number of nitrogens with one attached hydrogen (secondary N) is 1. The monoisotopic (exact) mass is 753 g/mol. The number of carbonyl (C=O) groups is 1. The Bertz CT molecular complexity index is 744. The number of rotatable bonds is 31. The van der Waals surface area contributed by atoms with E-state index in [1.807, 2.05) is 41.5 Å². The molecule has 0 aromatic carbocycles. The van der Waals surface area contributed by atoms with Gasteiger partial charge in [0, 0.05) is 32.1 Å². The summed E-state index contributed by atoms with van der Waals surface area (Å²) in [5.74, 6) is 0. The topological polar surface area (TPSA) is 138 Å². The summed E-state index contributed by atoms with van der Waals surface area (Å²) in [5, 5.41) is 2.98. The highest BCUT2D eigenvalue weighted by atomic mass is 31.2. The lowest BCUT2D eigenvalue weighted by atomic mass is 10.0. The molecule has 0 saturated carbocycles. The van der Waals surface area contributed by atoms with Gasteiger partial charge in [0.05, 0.1) is 65.6 Å². The number of hydrogen-bond donors (Lipinski definition) is 1. The molecular weight excluding hydrogens is 683 g/mol. The van der Waals surface area contributed by atoms with Crippen molar-refractivity contribution in [2.75, 3.05) is 97.8 Å². The van der Waals surface area contributed by atoms with Gasteiger partial charge < -0.3 is 51.4 Å². The molecule has 1 amide bonds. The summed E-state index contributed by atoms with van der Waals surface area (Å²) in [6.45, 7) is 25.1. The van der Waals surface area contributed by atoms with Crippen LogP contribution in [0.4, 0.5) is 4.79 Å². The maximum Gasteiger partial charge on any atom is 0.408 e. The van der Waals surface area contributed by atoms with E-state index in [1.165, 1.54) is 0 Å². The Morgan fingerprint density at radius 1 is 0.625 bits per heavy atom. The van der Waals surface area contributed by atoms with Gasteiger partial charge in [0.15, 0.2) is 16.8 Å². The fourth-order valence-corrected chi connectivity index (χ4v) is 8.20. The van der Waals surface area contributed by atoms with Crippen molar-refractivity contribution in [2.24, 2.45) is 0 Å². The summed E-state index contributed by atoms with van der Waals surface area (Å²) in [5.41, 5.74) is -1.76. The smallest absolute Gasteiger partial charge is 0.408 e. The quantitative estimate of drug-likeness (QED) is 0.0536. The molecule has 0 atom stereocenters. The molecule has 0 aliphatic rings. The zero-order valence-electron chi connectivity index (χ0n) is 32.0. The standard InChI is InChI=1S/C30H64NO12P3.C2H6/c1-10-37-44(38-11-2)22-16-19-34-25-30(31-28(32)43-29(7,8)9,26-35-20-17-23-45(39-12-3)40-13-4)27-36-21-18-24-46(33,41-14-5)42-15-6;1-2/h10-27H2,1-9H3,(H,31,32);1-2H3. The van der Waals surface area contributed by atoms with Gasteiger partial charge in [0.25, 0.3) is 0 Å². The Kier molecular flexibility index (Phi) is 33.1. The second-order valence-electron chi connectivity index (χ2n) is 11.1. The van der Waals surface area contributed by atoms with Crippen LogP contribution in [0.25, 0.3) is 0 Å². The lowest BCUT2D eigenvalue weighted by molar-refractivity contribution is -0.0439. The molecular formula is C32H70NO12P3. The first-order valence-electron chi connectivity index (χ1n) is 17.6. The Hall–Kier alpha value is -0.000000000000000187. The van der Waals surface area contributed by atoms with Gasteiger partial charge in [0.1, 0.15) is 11.1 Å². The minimum Gasteiger partial charge on any atom is -0.444 e. The Balaban J connectivity index is 0. The van der Waals surface area contributed by atoms with Crippen molar-refractivity contribution in [2.45, 2.75) is 107 Å². The molecule has 0 radical (unpaired) electrons. The molecule has 290 valence electrons. The Morgan fingerprint density at radius 3 is 1.33 bits per heavy atom. The summed E-state index contributed by atoms with van der Waals surface area (Å²) >= 11 is 0. The minimum atomic E-state index is -3.19. The summed E-state index contributed by atoms with van der Waals surface area (Å²) in [7, 11) is -5.13. The highest BCUT2D eigenvalue weighted by molar-refractivity contribution is 7.53. The molecule has 0 aromatic rings. The number of ether oxygens (including phenoxy) is 4. The SMILES string of the molecule is CC.CCOP(CCCOCC(COCCCP(OCC)OCC)(COCCCP(=O)(OCC)OCC)NC(=O)OC(C)(C)C)OCC. The van der Waals surface area contributed by atoms with Crippen LogP contribution in [0.15, 0.2) is 0 Å². The van der Waals surface area contributed by atoms with Crippen molar-refractivity contribution in [1.29, 1.82) is 0 Å². The first-order valence-corrected chi connectivity index (χ1v) is 22.1. The van der Waals surface area contributed by atoms with E-state index in [2.05, 4.69) is 5.32 Å². The molecule has 0 unspecified atom stereocenters. The van der Waals surface area contributed by atoms with E-state index in [1.54, 1.807) is 34.6 Å². The van der Waals surface area contributed by atoms with Crippen LogP contribution in [0, 0.1) is 0 Å². The lowest BCUT2D eigenvalue weighted by Gasteiger charge is -2.35. The van der Waals surface area contributed by atoms with Crippen molar-refractivity contribution in [3.63, 3.8) is 0 Å². The summed E-state index contributed by atoms with van der Waals surface area (Å²) in [6.07, 6.45) is 2.97. The van der Waals surface area contributed by atoms with Crippen molar-refractivity contribution >= 4 is 30.4 Å². The van der Waals surface area contributed by atoms with Crippen LogP contribution >= 0.6 is 24.3 Å². The second-order valence-corrected chi connectivity index (χ2v) is 16.5. The third-order valence-corrected chi connectivity index (χ3v) is 11.3. The van der Waals surface area contributed by atoms with E-state index in [-0.39, 0.29) is 32.6 Å². The number of amides is 1. The highest BCUT2D eigenvalue weighted by Gasteiger charge is 2.36. The minimum absolute atomic E-state index is 0.0784. The van der Waals surface area contributed by atoms with Crippen LogP contribution in [-0.4, -0.2) is 115 Å². The molecule has 0 fully saturated rings. The van der Waals surface area contributed by atoms with Crippen LogP contribution in [0.2, 0.25) is 0 Å². The molecule has 0 aromatic heterocycles. The molecule has 48 heavy (non-hydrogen) atoms. The zero-order chi connectivity index (χ0) is 36.7. The normalized spacial score (nSPS) is 12.4. The van der Waals surface area contributed by atoms with E-state index in [0.29, 0.717) is 59.3 Å². The first-order chi connectivity index (χ1) is 22.9. The van der Waals surface area contributed by atoms with Gasteiger partial charge >= 0.3 is 13.7 Å². The third-order valence-electron chi connectivity index (χ3n) is 5.62. The largest absolute Gasteiger partial charge is 0.444 e. The molecule has 0 saturated heterocycles. The van der Waals surface area contributed by atoms with Crippen molar-refractivity contribution in [3.8, 4) is 0 Å². The summed E-state index contributed by atoms with van der Waals surface area (Å²) < 4.78 is 70.4. The summed E-state index contributed by atoms with van der Waals surface area (Å²) in [6, 6.07) is 0. The van der Waals surface area contributed by atoms with Gasteiger partial charge in [-0.05, 0) is 81.6 Å². The summed E-state index contributed by atoms with van der Waals surface area (Å²) in [4.78, 5) is 13.1. The second kappa shape index (κ2) is 31.7. The van der Waals surface area contributed by atoms with Gasteiger partial charge in [-0.1, -0.05) is 13.8 Å². The third kappa shape index (κ3) is 27.7. The molecule has 0 heterocycles. The van der Waals surface area contributed by atoms with E-state index in [4.69, 9.17) is 46.1 Å². The fourth-order valence-electron chi connectivity index (χ4n) is 3.98. The molecule has 0 spiro atoms. The Morgan fingerprint density at radius 2 is 1.00 bits per heavy atom. The molecule has 1 N–H and O–H groups in total. The van der Waals surface area contributed by atoms with E-state index < -0.39 is 41.6 Å². The van der Waals surface area contributed by atoms with Crippen LogP contribution in [-0.2, 0) is 50.7 Å². The van der Waals surface area contributed by atoms with Crippen LogP contribution in [0.3, 0.4) is 0 Å². The highest BCUT2D eigenvalue weighted by Crippen LogP contribution is 2.48. The van der Waals surface area contributed by atoms with Gasteiger partial charge in [0.2, 0.25) is 0 Å². The van der Waals surface area contributed by atoms with Gasteiger partial charge in [-0.2, -0.15) is 0 Å². The number of alkyl carbamates (subject to hydrolysis) is 1. The van der Waals surface area contributed by atoms with E-state index in [0.717, 1.165) is 25.2 Å². The van der Waals surface area contributed by atoms with E-state index in [9.17, 15) is 9.36 Å². The molecule has 0 rings (SSSR count). The fraction of sp³-hybridized carbons (Fsp3) is 0.969. The molecule has 13 nitrogen and oxygen atoms in total. The average Bonchev–Trinajstić information content (AvgIpc) is 3.01. The van der Waals surface area contributed by atoms with Crippen molar-refractivity contribution in [3.05, 3.63) is 0 Å². The first kappa shape index (κ1) is 50.1. The molecule has 0 aliphatic carbocycles. The maximum atomic E-state index is 13.1. The van der Waals surface area contributed by atoms with Crippen LogP contribution in [0.1, 0.15) is 95.4 Å². The average molecular weight is 754 g/mol. The molecule has 0 bridgehead atoms. The Labute approximate surface area is 295 Å². The van der Waals surface area contributed by atoms with E-state index >= 15 is 0 Å². The molecule has 0 aliphatic heterocycles.